The molecule has 0 spiro atoms. The Morgan fingerprint density at radius 3 is 2.29 bits per heavy atom. The molecule has 7 aromatic rings. The van der Waals surface area contributed by atoms with Gasteiger partial charge in [-0.05, 0) is 175 Å². The topological polar surface area (TPSA) is 229 Å². The fourth-order valence-corrected chi connectivity index (χ4v) is 20.2. The number of para-hydroxylation sites is 1. The molecule has 4 N–H and O–H groups in total. The SMILES string of the molecule is Cc1ncsc1-c1ccc([C@H](C)NC(=O)[C@@H]2C[C@@H](O)CN2C(=O)[C@@H](NC(=O)CCCCCCCCN(C)C(=O)c2nc(N3CCCc4c3nnc(Nc3nc5ccccc5s3)c4C)ccc2-c2cnn(CC34CC5(OCCN6CCCC6)C[C@](C)(C3)C[C@](C)(C4)C5)c2C)C(C)(C)C)cc1. The highest BCUT2D eigenvalue weighted by atomic mass is 32.1. The molecule has 6 fully saturated rings. The Kier molecular flexibility index (Phi) is 20.3. The van der Waals surface area contributed by atoms with E-state index in [1.807, 2.05) is 107 Å². The third-order valence-corrected chi connectivity index (χ3v) is 24.3. The number of ether oxygens (including phenoxy) is 1. The Morgan fingerprint density at radius 2 is 1.57 bits per heavy atom. The summed E-state index contributed by atoms with van der Waals surface area (Å²) in [6.45, 7) is 25.1. The quantitative estimate of drug-likeness (QED) is 0.0370. The Balaban J connectivity index is 0.646. The Bertz CT molecular complexity index is 4050. The number of pyridine rings is 1. The van der Waals surface area contributed by atoms with E-state index in [1.165, 1.54) is 37.3 Å². The van der Waals surface area contributed by atoms with Crippen LogP contribution in [0.5, 0.6) is 0 Å². The van der Waals surface area contributed by atoms with Crippen molar-refractivity contribution in [2.75, 3.05) is 63.1 Å². The van der Waals surface area contributed by atoms with Crippen LogP contribution >= 0.6 is 22.7 Å². The number of hydrogen-bond acceptors (Lipinski definition) is 17. The monoisotopic (exact) mass is 1380 g/mol. The van der Waals surface area contributed by atoms with Crippen LogP contribution in [0.25, 0.3) is 31.8 Å². The maximum Gasteiger partial charge on any atom is 0.272 e. The molecule has 8 heterocycles. The number of benzene rings is 2. The molecule has 4 saturated carbocycles. The molecule has 2 saturated heterocycles. The van der Waals surface area contributed by atoms with Gasteiger partial charge in [-0.3, -0.25) is 23.9 Å². The summed E-state index contributed by atoms with van der Waals surface area (Å²) in [4.78, 5) is 80.8. The number of nitrogens with one attached hydrogen (secondary N) is 3. The normalized spacial score (nSPS) is 24.2. The van der Waals surface area contributed by atoms with Gasteiger partial charge in [0.2, 0.25) is 17.7 Å². The number of unbranched alkanes of at least 4 members (excludes halogenated alkanes) is 5. The van der Waals surface area contributed by atoms with Crippen molar-refractivity contribution < 1.29 is 29.0 Å². The van der Waals surface area contributed by atoms with Crippen LogP contribution in [0.4, 0.5) is 22.6 Å². The largest absolute Gasteiger partial charge is 0.391 e. The van der Waals surface area contributed by atoms with Gasteiger partial charge in [-0.2, -0.15) is 5.10 Å². The molecule has 2 unspecified atom stereocenters. The van der Waals surface area contributed by atoms with Crippen molar-refractivity contribution in [1.82, 2.24) is 60.3 Å². The van der Waals surface area contributed by atoms with E-state index < -0.39 is 23.6 Å². The zero-order chi connectivity index (χ0) is 69.6. The second-order valence-electron chi connectivity index (χ2n) is 32.0. The van der Waals surface area contributed by atoms with E-state index >= 15 is 4.79 Å². The van der Waals surface area contributed by atoms with Gasteiger partial charge in [0.15, 0.2) is 16.8 Å². The molecular formula is C77H102N14O6S2. The maximum atomic E-state index is 15.2. The summed E-state index contributed by atoms with van der Waals surface area (Å²) >= 11 is 3.17. The molecule has 528 valence electrons. The molecule has 20 nitrogen and oxygen atoms in total. The summed E-state index contributed by atoms with van der Waals surface area (Å²) < 4.78 is 10.5. The van der Waals surface area contributed by atoms with Crippen LogP contribution in [-0.4, -0.2) is 155 Å². The molecule has 3 aliphatic heterocycles. The summed E-state index contributed by atoms with van der Waals surface area (Å²) in [5.41, 5.74) is 10.6. The second-order valence-corrected chi connectivity index (χ2v) is 33.8. The number of hydrogen-bond donors (Lipinski definition) is 4. The van der Waals surface area contributed by atoms with Gasteiger partial charge >= 0.3 is 0 Å². The lowest BCUT2D eigenvalue weighted by atomic mass is 9.39. The molecule has 7 aliphatic rings. The van der Waals surface area contributed by atoms with Gasteiger partial charge in [0.05, 0.1) is 56.8 Å². The highest BCUT2D eigenvalue weighted by Crippen LogP contribution is 2.72. The van der Waals surface area contributed by atoms with Crippen molar-refractivity contribution in [2.24, 2.45) is 21.7 Å². The van der Waals surface area contributed by atoms with Crippen LogP contribution < -0.4 is 20.9 Å². The number of nitrogens with zero attached hydrogens (tertiary/aromatic N) is 11. The fourth-order valence-electron chi connectivity index (χ4n) is 18.5. The third-order valence-electron chi connectivity index (χ3n) is 22.4. The molecule has 2 aromatic carbocycles. The molecular weight excluding hydrogens is 1280 g/mol. The number of carbonyl (C=O) groups is 4. The smallest absolute Gasteiger partial charge is 0.272 e. The standard InChI is InChI=1S/C77H102N14O6S2/c1-49-56-22-21-35-89(68(56)86-85-67(49)84-72-81-59-23-16-17-24-61(59)99-72)62-31-30-57(58-39-79-91(52(58)4)47-76-42-74(8)41-75(9,43-76)45-77(44-74,46-76)97-37-36-88-33-19-20-34-88)64(82-62)70(95)87(10)32-18-14-12-11-13-15-25-63(93)83-66(73(5,6)7)71(96)90-40-55(92)38-60(90)69(94)80-50(2)53-26-28-54(29-27-53)65-51(3)78-48-98-65/h16-17,23-24,26-31,39,48,50,55,60,66,92H,11-15,18-22,25,32-38,40-47H2,1-10H3,(H,80,94)(H,83,93)(H,81,84,85)/t50-,55+,60-,66+,74-,75+,76?,77?/m0/s1. The summed E-state index contributed by atoms with van der Waals surface area (Å²) in [6.07, 6.45) is 17.6. The van der Waals surface area contributed by atoms with Gasteiger partial charge in [0, 0.05) is 80.6 Å². The third kappa shape index (κ3) is 15.2. The van der Waals surface area contributed by atoms with Gasteiger partial charge in [-0.25, -0.2) is 15.0 Å². The maximum absolute atomic E-state index is 15.2. The van der Waals surface area contributed by atoms with Gasteiger partial charge in [0.25, 0.3) is 5.91 Å². The summed E-state index contributed by atoms with van der Waals surface area (Å²) in [7, 11) is 1.88. The molecule has 0 radical (unpaired) electrons. The van der Waals surface area contributed by atoms with Crippen molar-refractivity contribution in [3.05, 3.63) is 106 Å². The minimum atomic E-state index is -0.902. The van der Waals surface area contributed by atoms with Crippen LogP contribution in [0.2, 0.25) is 0 Å². The van der Waals surface area contributed by atoms with Crippen LogP contribution in [0.1, 0.15) is 195 Å². The number of aromatic nitrogens is 7. The first kappa shape index (κ1) is 70.2. The highest BCUT2D eigenvalue weighted by Gasteiger charge is 2.66. The zero-order valence-corrected chi connectivity index (χ0v) is 61.5. The number of β-amino-alcohol motifs (C(OH)–C–C–N with tert-alkyl or cyclic N) is 1. The molecule has 8 atom stereocenters. The Labute approximate surface area is 591 Å². The lowest BCUT2D eigenvalue weighted by Crippen LogP contribution is -2.64. The molecule has 22 heteroatoms. The molecule has 4 amide bonds. The summed E-state index contributed by atoms with van der Waals surface area (Å²) in [5, 5.41) is 36.0. The van der Waals surface area contributed by atoms with E-state index in [-0.39, 0.29) is 70.9 Å². The van der Waals surface area contributed by atoms with Crippen molar-refractivity contribution in [1.29, 1.82) is 0 Å². The van der Waals surface area contributed by atoms with E-state index in [1.54, 1.807) is 22.7 Å². The van der Waals surface area contributed by atoms with Gasteiger partial charge in [-0.15, -0.1) is 21.5 Å². The van der Waals surface area contributed by atoms with Gasteiger partial charge in [-0.1, -0.05) is 108 Å². The average Bonchev–Trinajstić information content (AvgIpc) is 1.07. The number of fused-ring (bicyclic) bond motifs is 2. The molecule has 14 rings (SSSR count). The molecule has 99 heavy (non-hydrogen) atoms. The fraction of sp³-hybridized carbons (Fsp3) is 0.584. The first-order chi connectivity index (χ1) is 47.4. The van der Waals surface area contributed by atoms with Crippen LogP contribution in [0.15, 0.2) is 72.4 Å². The van der Waals surface area contributed by atoms with E-state index in [0.717, 1.165) is 168 Å². The number of amides is 4. The van der Waals surface area contributed by atoms with Crippen molar-refractivity contribution in [3.63, 3.8) is 0 Å². The predicted molar refractivity (Wildman–Crippen MR) is 392 cm³/mol. The predicted octanol–water partition coefficient (Wildman–Crippen LogP) is 13.6. The van der Waals surface area contributed by atoms with Crippen LogP contribution in [0.3, 0.4) is 0 Å². The van der Waals surface area contributed by atoms with E-state index in [2.05, 4.69) is 75.2 Å². The average molecular weight is 1380 g/mol. The van der Waals surface area contributed by atoms with E-state index in [0.29, 0.717) is 36.8 Å². The van der Waals surface area contributed by atoms with Crippen molar-refractivity contribution >= 4 is 79.1 Å². The van der Waals surface area contributed by atoms with Crippen molar-refractivity contribution in [2.45, 2.75) is 214 Å². The number of carbonyl (C=O) groups excluding carboxylic acids is 4. The minimum Gasteiger partial charge on any atom is -0.391 e. The number of rotatable bonds is 26. The van der Waals surface area contributed by atoms with Crippen LogP contribution in [0, 0.1) is 42.4 Å². The number of anilines is 4. The number of aryl methyl sites for hydroxylation is 1. The first-order valence-electron chi connectivity index (χ1n) is 36.4. The lowest BCUT2D eigenvalue weighted by Gasteiger charge is -2.69. The van der Waals surface area contributed by atoms with Crippen LogP contribution in [-0.2, 0) is 32.1 Å². The Hall–Kier alpha value is -7.24. The van der Waals surface area contributed by atoms with Gasteiger partial charge < -0.3 is 45.4 Å². The number of likely N-dealkylation sites (tertiary alicyclic amines) is 2. The number of aliphatic hydroxyl groups excluding tert-OH is 1. The number of thiazole rings is 2. The molecule has 4 aliphatic carbocycles. The summed E-state index contributed by atoms with van der Waals surface area (Å²) in [6, 6.07) is 18.1. The lowest BCUT2D eigenvalue weighted by molar-refractivity contribution is -0.248. The second kappa shape index (κ2) is 28.6. The highest BCUT2D eigenvalue weighted by molar-refractivity contribution is 7.22. The molecule has 4 bridgehead atoms. The van der Waals surface area contributed by atoms with E-state index in [9.17, 15) is 19.5 Å². The summed E-state index contributed by atoms with van der Waals surface area (Å²) in [5.74, 6) is 0.961. The van der Waals surface area contributed by atoms with Crippen molar-refractivity contribution in [3.8, 4) is 21.6 Å². The zero-order valence-electron chi connectivity index (χ0n) is 59.8. The number of aliphatic hydroxyl groups is 1. The minimum absolute atomic E-state index is 0.00582. The van der Waals surface area contributed by atoms with E-state index in [4.69, 9.17) is 30.0 Å². The first-order valence-corrected chi connectivity index (χ1v) is 38.1. The Morgan fingerprint density at radius 1 is 0.828 bits per heavy atom. The molecule has 5 aromatic heterocycles. The van der Waals surface area contributed by atoms with Gasteiger partial charge in [0.1, 0.15) is 23.6 Å².